The number of aromatic nitrogens is 3. The first-order valence-corrected chi connectivity index (χ1v) is 10.2. The Labute approximate surface area is 164 Å². The SMILES string of the molecule is c1ccc(CSc2cncc(N3CCN(Cc4ccccn4)CC3)n2)cc1. The Balaban J connectivity index is 1.32. The van der Waals surface area contributed by atoms with Crippen molar-refractivity contribution in [1.82, 2.24) is 19.9 Å². The number of benzene rings is 1. The number of anilines is 1. The van der Waals surface area contributed by atoms with E-state index in [0.29, 0.717) is 0 Å². The van der Waals surface area contributed by atoms with Gasteiger partial charge in [-0.2, -0.15) is 0 Å². The highest BCUT2D eigenvalue weighted by Gasteiger charge is 2.19. The standard InChI is InChI=1S/C21H23N5S/c1-2-6-18(7-3-1)17-27-21-15-22-14-20(24-21)26-12-10-25(11-13-26)16-19-8-4-5-9-23-19/h1-9,14-15H,10-13,16-17H2. The Bertz CT molecular complexity index is 835. The molecule has 6 heteroatoms. The van der Waals surface area contributed by atoms with Crippen molar-refractivity contribution < 1.29 is 0 Å². The summed E-state index contributed by atoms with van der Waals surface area (Å²) in [7, 11) is 0. The van der Waals surface area contributed by atoms with Gasteiger partial charge in [0.2, 0.25) is 0 Å². The van der Waals surface area contributed by atoms with Crippen molar-refractivity contribution in [3.8, 4) is 0 Å². The van der Waals surface area contributed by atoms with Crippen LogP contribution in [0.4, 0.5) is 5.82 Å². The zero-order chi connectivity index (χ0) is 18.3. The van der Waals surface area contributed by atoms with Crippen LogP contribution in [0.15, 0.2) is 72.1 Å². The molecule has 27 heavy (non-hydrogen) atoms. The van der Waals surface area contributed by atoms with Gasteiger partial charge in [0.1, 0.15) is 10.8 Å². The summed E-state index contributed by atoms with van der Waals surface area (Å²) in [5.74, 6) is 1.89. The van der Waals surface area contributed by atoms with E-state index in [1.165, 1.54) is 5.56 Å². The van der Waals surface area contributed by atoms with E-state index >= 15 is 0 Å². The second kappa shape index (κ2) is 8.97. The Morgan fingerprint density at radius 1 is 0.889 bits per heavy atom. The molecular weight excluding hydrogens is 354 g/mol. The fourth-order valence-electron chi connectivity index (χ4n) is 3.15. The molecule has 0 saturated carbocycles. The lowest BCUT2D eigenvalue weighted by molar-refractivity contribution is 0.246. The van der Waals surface area contributed by atoms with Gasteiger partial charge in [-0.05, 0) is 17.7 Å². The van der Waals surface area contributed by atoms with E-state index in [1.54, 1.807) is 11.8 Å². The Morgan fingerprint density at radius 3 is 2.48 bits per heavy atom. The number of pyridine rings is 1. The van der Waals surface area contributed by atoms with Gasteiger partial charge in [-0.25, -0.2) is 4.98 Å². The van der Waals surface area contributed by atoms with Gasteiger partial charge in [0, 0.05) is 44.7 Å². The van der Waals surface area contributed by atoms with Crippen LogP contribution in [-0.4, -0.2) is 46.0 Å². The summed E-state index contributed by atoms with van der Waals surface area (Å²) in [6.07, 6.45) is 5.59. The topological polar surface area (TPSA) is 45.2 Å². The molecule has 4 rings (SSSR count). The lowest BCUT2D eigenvalue weighted by atomic mass is 10.2. The highest BCUT2D eigenvalue weighted by Crippen LogP contribution is 2.23. The van der Waals surface area contributed by atoms with Gasteiger partial charge in [-0.15, -0.1) is 11.8 Å². The average molecular weight is 378 g/mol. The third kappa shape index (κ3) is 5.05. The molecule has 0 aliphatic carbocycles. The predicted octanol–water partition coefficient (Wildman–Crippen LogP) is 3.49. The summed E-state index contributed by atoms with van der Waals surface area (Å²) in [5, 5.41) is 0.979. The van der Waals surface area contributed by atoms with Gasteiger partial charge in [0.15, 0.2) is 0 Å². The van der Waals surface area contributed by atoms with E-state index in [-0.39, 0.29) is 0 Å². The van der Waals surface area contributed by atoms with Crippen LogP contribution in [0.1, 0.15) is 11.3 Å². The molecule has 5 nitrogen and oxygen atoms in total. The number of hydrogen-bond donors (Lipinski definition) is 0. The molecule has 2 aromatic heterocycles. The molecule has 3 heterocycles. The quantitative estimate of drug-likeness (QED) is 0.613. The van der Waals surface area contributed by atoms with Crippen LogP contribution in [-0.2, 0) is 12.3 Å². The van der Waals surface area contributed by atoms with Crippen molar-refractivity contribution in [2.45, 2.75) is 17.3 Å². The molecule has 0 radical (unpaired) electrons. The minimum absolute atomic E-state index is 0.910. The highest BCUT2D eigenvalue weighted by molar-refractivity contribution is 7.98. The van der Waals surface area contributed by atoms with Crippen LogP contribution in [0, 0.1) is 0 Å². The number of hydrogen-bond acceptors (Lipinski definition) is 6. The first-order valence-electron chi connectivity index (χ1n) is 9.23. The fourth-order valence-corrected chi connectivity index (χ4v) is 3.95. The van der Waals surface area contributed by atoms with Crippen molar-refractivity contribution >= 4 is 17.6 Å². The van der Waals surface area contributed by atoms with Crippen molar-refractivity contribution in [2.24, 2.45) is 0 Å². The molecule has 0 amide bonds. The van der Waals surface area contributed by atoms with Crippen LogP contribution < -0.4 is 4.90 Å². The molecule has 1 aliphatic rings. The maximum atomic E-state index is 4.82. The molecule has 1 aliphatic heterocycles. The molecule has 1 fully saturated rings. The first kappa shape index (κ1) is 17.9. The zero-order valence-corrected chi connectivity index (χ0v) is 16.1. The maximum Gasteiger partial charge on any atom is 0.148 e. The van der Waals surface area contributed by atoms with Crippen molar-refractivity contribution in [3.63, 3.8) is 0 Å². The third-order valence-electron chi connectivity index (χ3n) is 4.64. The highest BCUT2D eigenvalue weighted by atomic mass is 32.2. The van der Waals surface area contributed by atoms with Crippen LogP contribution in [0.25, 0.3) is 0 Å². The fraction of sp³-hybridized carbons (Fsp3) is 0.286. The van der Waals surface area contributed by atoms with Crippen molar-refractivity contribution in [1.29, 1.82) is 0 Å². The summed E-state index contributed by atoms with van der Waals surface area (Å²) < 4.78 is 0. The summed E-state index contributed by atoms with van der Waals surface area (Å²) >= 11 is 1.74. The summed E-state index contributed by atoms with van der Waals surface area (Å²) in [6, 6.07) is 16.6. The van der Waals surface area contributed by atoms with Gasteiger partial charge in [-0.1, -0.05) is 36.4 Å². The van der Waals surface area contributed by atoms with E-state index in [9.17, 15) is 0 Å². The molecule has 0 N–H and O–H groups in total. The Kier molecular flexibility index (Phi) is 5.96. The van der Waals surface area contributed by atoms with Crippen LogP contribution in [0.5, 0.6) is 0 Å². The minimum atomic E-state index is 0.910. The maximum absolute atomic E-state index is 4.82. The Hall–Kier alpha value is -2.44. The van der Waals surface area contributed by atoms with E-state index in [4.69, 9.17) is 4.98 Å². The number of rotatable bonds is 6. The van der Waals surface area contributed by atoms with E-state index < -0.39 is 0 Å². The third-order valence-corrected chi connectivity index (χ3v) is 5.61. The van der Waals surface area contributed by atoms with Crippen LogP contribution >= 0.6 is 11.8 Å². The number of nitrogens with zero attached hydrogens (tertiary/aromatic N) is 5. The van der Waals surface area contributed by atoms with Gasteiger partial charge >= 0.3 is 0 Å². The van der Waals surface area contributed by atoms with Crippen molar-refractivity contribution in [3.05, 3.63) is 78.4 Å². The molecule has 138 valence electrons. The molecule has 0 spiro atoms. The molecular formula is C21H23N5S. The molecule has 0 unspecified atom stereocenters. The summed E-state index contributed by atoms with van der Waals surface area (Å²) in [6.45, 7) is 4.87. The monoisotopic (exact) mass is 377 g/mol. The number of piperazine rings is 1. The Morgan fingerprint density at radius 2 is 1.70 bits per heavy atom. The second-order valence-electron chi connectivity index (χ2n) is 6.57. The van der Waals surface area contributed by atoms with E-state index in [1.807, 2.05) is 36.8 Å². The zero-order valence-electron chi connectivity index (χ0n) is 15.2. The molecule has 1 aromatic carbocycles. The molecule has 3 aromatic rings. The van der Waals surface area contributed by atoms with E-state index in [0.717, 1.165) is 55.0 Å². The normalized spacial score (nSPS) is 15.0. The second-order valence-corrected chi connectivity index (χ2v) is 7.57. The number of thioether (sulfide) groups is 1. The van der Waals surface area contributed by atoms with Gasteiger partial charge in [-0.3, -0.25) is 14.9 Å². The van der Waals surface area contributed by atoms with Gasteiger partial charge in [0.05, 0.1) is 18.1 Å². The molecule has 0 bridgehead atoms. The molecule has 0 atom stereocenters. The summed E-state index contributed by atoms with van der Waals surface area (Å²) in [4.78, 5) is 18.4. The lowest BCUT2D eigenvalue weighted by Gasteiger charge is -2.35. The van der Waals surface area contributed by atoms with Crippen LogP contribution in [0.2, 0.25) is 0 Å². The van der Waals surface area contributed by atoms with Crippen molar-refractivity contribution in [2.75, 3.05) is 31.1 Å². The average Bonchev–Trinajstić information content (AvgIpc) is 2.75. The smallest absolute Gasteiger partial charge is 0.148 e. The largest absolute Gasteiger partial charge is 0.353 e. The van der Waals surface area contributed by atoms with Gasteiger partial charge in [0.25, 0.3) is 0 Å². The van der Waals surface area contributed by atoms with Crippen LogP contribution in [0.3, 0.4) is 0 Å². The first-order chi connectivity index (χ1) is 13.4. The summed E-state index contributed by atoms with van der Waals surface area (Å²) in [5.41, 5.74) is 2.43. The van der Waals surface area contributed by atoms with E-state index in [2.05, 4.69) is 50.1 Å². The minimum Gasteiger partial charge on any atom is -0.353 e. The predicted molar refractivity (Wildman–Crippen MR) is 110 cm³/mol. The molecule has 1 saturated heterocycles. The lowest BCUT2D eigenvalue weighted by Crippen LogP contribution is -2.46. The van der Waals surface area contributed by atoms with Gasteiger partial charge < -0.3 is 4.90 Å².